The Hall–Kier alpha value is -1.88. The van der Waals surface area contributed by atoms with Crippen LogP contribution in [0.15, 0.2) is 35.8 Å². The quantitative estimate of drug-likeness (QED) is 0.807. The van der Waals surface area contributed by atoms with Crippen molar-refractivity contribution in [2.75, 3.05) is 18.0 Å². The lowest BCUT2D eigenvalue weighted by Gasteiger charge is -2.37. The van der Waals surface area contributed by atoms with Gasteiger partial charge in [-0.05, 0) is 25.0 Å². The molecule has 1 unspecified atom stereocenters. The van der Waals surface area contributed by atoms with Crippen LogP contribution in [-0.2, 0) is 0 Å². The molecule has 4 nitrogen and oxygen atoms in total. The molecular formula is C17H18N2O2S. The minimum Gasteiger partial charge on any atom is -0.486 e. The topological polar surface area (TPSA) is 42.4 Å². The lowest BCUT2D eigenvalue weighted by atomic mass is 9.84. The summed E-state index contributed by atoms with van der Waals surface area (Å²) in [4.78, 5) is 19.2. The molecule has 2 aliphatic heterocycles. The molecule has 4 rings (SSSR count). The number of para-hydroxylation sites is 1. The van der Waals surface area contributed by atoms with E-state index in [0.29, 0.717) is 6.42 Å². The second kappa shape index (κ2) is 5.39. The summed E-state index contributed by atoms with van der Waals surface area (Å²) in [6.07, 6.45) is 5.16. The van der Waals surface area contributed by atoms with Gasteiger partial charge in [0, 0.05) is 31.1 Å². The van der Waals surface area contributed by atoms with E-state index in [-0.39, 0.29) is 11.4 Å². The van der Waals surface area contributed by atoms with Gasteiger partial charge in [-0.1, -0.05) is 12.1 Å². The molecule has 1 saturated heterocycles. The van der Waals surface area contributed by atoms with Gasteiger partial charge in [-0.2, -0.15) is 0 Å². The number of ketones is 1. The highest BCUT2D eigenvalue weighted by atomic mass is 32.1. The number of Topliss-reactive ketones (excluding diaryl/α,β-unsaturated/α-hetero) is 1. The summed E-state index contributed by atoms with van der Waals surface area (Å²) in [5, 5.41) is 3.08. The Morgan fingerprint density at radius 3 is 3.00 bits per heavy atom. The van der Waals surface area contributed by atoms with Crippen molar-refractivity contribution in [2.24, 2.45) is 0 Å². The van der Waals surface area contributed by atoms with Gasteiger partial charge in [0.15, 0.2) is 10.9 Å². The Morgan fingerprint density at radius 2 is 2.14 bits per heavy atom. The zero-order valence-corrected chi connectivity index (χ0v) is 13.1. The molecule has 1 atom stereocenters. The molecule has 1 aromatic heterocycles. The van der Waals surface area contributed by atoms with Crippen LogP contribution in [0, 0.1) is 0 Å². The average molecular weight is 314 g/mol. The number of carbonyl (C=O) groups is 1. The van der Waals surface area contributed by atoms with Crippen LogP contribution in [0.1, 0.15) is 36.0 Å². The van der Waals surface area contributed by atoms with Crippen molar-refractivity contribution in [1.29, 1.82) is 0 Å². The van der Waals surface area contributed by atoms with Crippen molar-refractivity contribution in [3.8, 4) is 5.75 Å². The van der Waals surface area contributed by atoms with Gasteiger partial charge < -0.3 is 9.64 Å². The molecule has 1 fully saturated rings. The summed E-state index contributed by atoms with van der Waals surface area (Å²) >= 11 is 1.67. The maximum Gasteiger partial charge on any atom is 0.185 e. The third kappa shape index (κ3) is 2.39. The van der Waals surface area contributed by atoms with Crippen molar-refractivity contribution in [3.05, 3.63) is 41.4 Å². The first-order valence-electron chi connectivity index (χ1n) is 7.71. The Balaban J connectivity index is 1.57. The van der Waals surface area contributed by atoms with E-state index < -0.39 is 0 Å². The van der Waals surface area contributed by atoms with E-state index in [2.05, 4.69) is 9.88 Å². The minimum atomic E-state index is -0.336. The number of hydrogen-bond acceptors (Lipinski definition) is 5. The van der Waals surface area contributed by atoms with Crippen LogP contribution in [0.3, 0.4) is 0 Å². The summed E-state index contributed by atoms with van der Waals surface area (Å²) in [5.74, 6) is 0.964. The number of thiazole rings is 1. The van der Waals surface area contributed by atoms with E-state index in [1.807, 2.05) is 35.8 Å². The van der Waals surface area contributed by atoms with E-state index >= 15 is 0 Å². The van der Waals surface area contributed by atoms with Crippen LogP contribution in [0.4, 0.5) is 5.13 Å². The van der Waals surface area contributed by atoms with Gasteiger partial charge in [0.25, 0.3) is 0 Å². The predicted molar refractivity (Wildman–Crippen MR) is 86.9 cm³/mol. The normalized spacial score (nSPS) is 24.7. The SMILES string of the molecule is O=C1CC2(CCCN(c3nccs3)CC2)Oc2ccccc21. The molecular weight excluding hydrogens is 296 g/mol. The number of carbonyl (C=O) groups excluding carboxylic acids is 1. The highest BCUT2D eigenvalue weighted by Gasteiger charge is 2.41. The molecule has 0 radical (unpaired) electrons. The fourth-order valence-electron chi connectivity index (χ4n) is 3.45. The van der Waals surface area contributed by atoms with E-state index in [1.165, 1.54) is 0 Å². The zero-order chi connectivity index (χ0) is 15.0. The molecule has 0 N–H and O–H groups in total. The minimum absolute atomic E-state index is 0.213. The van der Waals surface area contributed by atoms with Gasteiger partial charge in [0.05, 0.1) is 12.0 Å². The lowest BCUT2D eigenvalue weighted by Crippen LogP contribution is -2.42. The Morgan fingerprint density at radius 1 is 1.23 bits per heavy atom. The van der Waals surface area contributed by atoms with Crippen LogP contribution in [0.5, 0.6) is 5.75 Å². The number of ether oxygens (including phenoxy) is 1. The van der Waals surface area contributed by atoms with Crippen molar-refractivity contribution >= 4 is 22.3 Å². The fraction of sp³-hybridized carbons (Fsp3) is 0.412. The lowest BCUT2D eigenvalue weighted by molar-refractivity contribution is 0.0323. The Bertz CT molecular complexity index is 686. The number of aromatic nitrogens is 1. The molecule has 2 aliphatic rings. The van der Waals surface area contributed by atoms with Gasteiger partial charge in [-0.15, -0.1) is 11.3 Å². The second-order valence-corrected chi connectivity index (χ2v) is 6.91. The standard InChI is InChI=1S/C17H18N2O2S/c20-14-12-17(21-15-5-2-1-4-13(14)15)6-3-9-19(10-7-17)16-18-8-11-22-16/h1-2,4-5,8,11H,3,6-7,9-10,12H2. The van der Waals surface area contributed by atoms with Crippen LogP contribution >= 0.6 is 11.3 Å². The Kier molecular flexibility index (Phi) is 3.37. The number of anilines is 1. The second-order valence-electron chi connectivity index (χ2n) is 6.04. The first-order valence-corrected chi connectivity index (χ1v) is 8.59. The van der Waals surface area contributed by atoms with Crippen molar-refractivity contribution in [1.82, 2.24) is 4.98 Å². The van der Waals surface area contributed by atoms with Gasteiger partial charge >= 0.3 is 0 Å². The van der Waals surface area contributed by atoms with E-state index in [4.69, 9.17) is 4.74 Å². The zero-order valence-electron chi connectivity index (χ0n) is 12.3. The predicted octanol–water partition coefficient (Wildman–Crippen LogP) is 3.54. The van der Waals surface area contributed by atoms with Gasteiger partial charge in [0.1, 0.15) is 11.4 Å². The van der Waals surface area contributed by atoms with Crippen molar-refractivity contribution < 1.29 is 9.53 Å². The monoisotopic (exact) mass is 314 g/mol. The van der Waals surface area contributed by atoms with Crippen molar-refractivity contribution in [3.63, 3.8) is 0 Å². The number of benzene rings is 1. The Labute approximate surface area is 133 Å². The van der Waals surface area contributed by atoms with Crippen LogP contribution < -0.4 is 9.64 Å². The number of hydrogen-bond donors (Lipinski definition) is 0. The molecule has 22 heavy (non-hydrogen) atoms. The van der Waals surface area contributed by atoms with E-state index in [0.717, 1.165) is 48.8 Å². The molecule has 3 heterocycles. The van der Waals surface area contributed by atoms with Gasteiger partial charge in [-0.25, -0.2) is 4.98 Å². The third-order valence-corrected chi connectivity index (χ3v) is 5.42. The van der Waals surface area contributed by atoms with Gasteiger partial charge in [-0.3, -0.25) is 4.79 Å². The summed E-state index contributed by atoms with van der Waals surface area (Å²) < 4.78 is 6.31. The van der Waals surface area contributed by atoms with Crippen LogP contribution in [0.2, 0.25) is 0 Å². The highest BCUT2D eigenvalue weighted by Crippen LogP contribution is 2.39. The number of fused-ring (bicyclic) bond motifs is 1. The largest absolute Gasteiger partial charge is 0.486 e. The average Bonchev–Trinajstić information content (AvgIpc) is 2.98. The molecule has 1 aromatic carbocycles. The van der Waals surface area contributed by atoms with Crippen molar-refractivity contribution in [2.45, 2.75) is 31.3 Å². The molecule has 2 aromatic rings. The van der Waals surface area contributed by atoms with Crippen LogP contribution in [0.25, 0.3) is 0 Å². The summed E-state index contributed by atoms with van der Waals surface area (Å²) in [6, 6.07) is 7.61. The molecule has 0 aliphatic carbocycles. The summed E-state index contributed by atoms with van der Waals surface area (Å²) in [5.41, 5.74) is 0.395. The number of rotatable bonds is 1. The van der Waals surface area contributed by atoms with E-state index in [9.17, 15) is 4.79 Å². The van der Waals surface area contributed by atoms with E-state index in [1.54, 1.807) is 11.3 Å². The number of nitrogens with zero attached hydrogens (tertiary/aromatic N) is 2. The molecule has 114 valence electrons. The summed E-state index contributed by atoms with van der Waals surface area (Å²) in [7, 11) is 0. The molecule has 5 heteroatoms. The fourth-order valence-corrected chi connectivity index (χ4v) is 4.15. The maximum absolute atomic E-state index is 12.5. The van der Waals surface area contributed by atoms with Crippen LogP contribution in [-0.4, -0.2) is 29.5 Å². The van der Waals surface area contributed by atoms with Gasteiger partial charge in [0.2, 0.25) is 0 Å². The maximum atomic E-state index is 12.5. The third-order valence-electron chi connectivity index (χ3n) is 4.58. The highest BCUT2D eigenvalue weighted by molar-refractivity contribution is 7.13. The summed E-state index contributed by atoms with van der Waals surface area (Å²) in [6.45, 7) is 1.87. The molecule has 0 bridgehead atoms. The molecule has 0 saturated carbocycles. The smallest absolute Gasteiger partial charge is 0.185 e. The molecule has 1 spiro atoms. The molecule has 0 amide bonds. The first-order chi connectivity index (χ1) is 10.8. The first kappa shape index (κ1) is 13.8.